The minimum atomic E-state index is 0.358. The van der Waals surface area contributed by atoms with E-state index in [1.54, 1.807) is 6.07 Å². The average Bonchev–Trinajstić information content (AvgIpc) is 2.60. The standard InChI is InChI=1S/C16H24BrNO/c1-2-4-13-5-3-9-18(10-8-13)12-14-11-15(19)6-7-16(14)17/h6-7,11,13,19H,2-5,8-10,12H2,1H3. The van der Waals surface area contributed by atoms with Crippen LogP contribution in [0.15, 0.2) is 22.7 Å². The molecule has 0 radical (unpaired) electrons. The van der Waals surface area contributed by atoms with Gasteiger partial charge in [0.05, 0.1) is 0 Å². The number of phenols is 1. The van der Waals surface area contributed by atoms with E-state index in [1.165, 1.54) is 50.8 Å². The molecule has 0 aromatic heterocycles. The van der Waals surface area contributed by atoms with Crippen molar-refractivity contribution in [1.82, 2.24) is 4.90 Å². The summed E-state index contributed by atoms with van der Waals surface area (Å²) in [4.78, 5) is 2.52. The van der Waals surface area contributed by atoms with E-state index >= 15 is 0 Å². The van der Waals surface area contributed by atoms with Crippen LogP contribution >= 0.6 is 15.9 Å². The lowest BCUT2D eigenvalue weighted by Crippen LogP contribution is -2.24. The third kappa shape index (κ3) is 4.50. The Balaban J connectivity index is 1.94. The van der Waals surface area contributed by atoms with E-state index in [0.717, 1.165) is 16.9 Å². The zero-order valence-electron chi connectivity index (χ0n) is 11.7. The number of aromatic hydroxyl groups is 1. The summed E-state index contributed by atoms with van der Waals surface area (Å²) >= 11 is 3.58. The van der Waals surface area contributed by atoms with Crippen LogP contribution in [0.25, 0.3) is 0 Å². The maximum absolute atomic E-state index is 9.60. The summed E-state index contributed by atoms with van der Waals surface area (Å²) < 4.78 is 1.10. The van der Waals surface area contributed by atoms with Crippen LogP contribution in [0, 0.1) is 5.92 Å². The third-order valence-corrected chi connectivity index (χ3v) is 4.83. The Morgan fingerprint density at radius 3 is 2.95 bits per heavy atom. The molecule has 1 N–H and O–H groups in total. The van der Waals surface area contributed by atoms with E-state index in [2.05, 4.69) is 27.8 Å². The quantitative estimate of drug-likeness (QED) is 0.877. The first-order valence-corrected chi connectivity index (χ1v) is 8.18. The first-order valence-electron chi connectivity index (χ1n) is 7.38. The van der Waals surface area contributed by atoms with Crippen LogP contribution in [0.3, 0.4) is 0 Å². The van der Waals surface area contributed by atoms with Crippen LogP contribution in [-0.4, -0.2) is 23.1 Å². The highest BCUT2D eigenvalue weighted by Crippen LogP contribution is 2.26. The van der Waals surface area contributed by atoms with Gasteiger partial charge in [-0.1, -0.05) is 35.7 Å². The molecular weight excluding hydrogens is 302 g/mol. The molecule has 1 unspecified atom stereocenters. The van der Waals surface area contributed by atoms with Crippen molar-refractivity contribution in [3.8, 4) is 5.75 Å². The molecule has 0 spiro atoms. The number of likely N-dealkylation sites (tertiary alicyclic amines) is 1. The zero-order valence-corrected chi connectivity index (χ0v) is 13.3. The number of hydrogen-bond donors (Lipinski definition) is 1. The van der Waals surface area contributed by atoms with Gasteiger partial charge in [-0.05, 0) is 62.0 Å². The molecule has 106 valence electrons. The number of rotatable bonds is 4. The molecule has 0 bridgehead atoms. The van der Waals surface area contributed by atoms with E-state index in [9.17, 15) is 5.11 Å². The highest BCUT2D eigenvalue weighted by atomic mass is 79.9. The lowest BCUT2D eigenvalue weighted by molar-refractivity contribution is 0.270. The van der Waals surface area contributed by atoms with Crippen molar-refractivity contribution in [1.29, 1.82) is 0 Å². The minimum Gasteiger partial charge on any atom is -0.508 e. The SMILES string of the molecule is CCCC1CCCN(Cc2cc(O)ccc2Br)CC1. The summed E-state index contributed by atoms with van der Waals surface area (Å²) in [5.41, 5.74) is 1.19. The van der Waals surface area contributed by atoms with Crippen molar-refractivity contribution < 1.29 is 5.11 Å². The van der Waals surface area contributed by atoms with Crippen LogP contribution in [0.4, 0.5) is 0 Å². The summed E-state index contributed by atoms with van der Waals surface area (Å²) in [5, 5.41) is 9.60. The van der Waals surface area contributed by atoms with E-state index in [-0.39, 0.29) is 0 Å². The van der Waals surface area contributed by atoms with Gasteiger partial charge in [0.1, 0.15) is 5.75 Å². The number of nitrogens with zero attached hydrogens (tertiary/aromatic N) is 1. The Morgan fingerprint density at radius 2 is 2.16 bits per heavy atom. The number of hydrogen-bond acceptors (Lipinski definition) is 2. The largest absolute Gasteiger partial charge is 0.508 e. The molecule has 0 amide bonds. The van der Waals surface area contributed by atoms with Gasteiger partial charge in [0.25, 0.3) is 0 Å². The van der Waals surface area contributed by atoms with Gasteiger partial charge in [0.15, 0.2) is 0 Å². The summed E-state index contributed by atoms with van der Waals surface area (Å²) in [5.74, 6) is 1.28. The first kappa shape index (κ1) is 14.9. The van der Waals surface area contributed by atoms with Crippen LogP contribution in [-0.2, 0) is 6.54 Å². The van der Waals surface area contributed by atoms with Crippen LogP contribution in [0.1, 0.15) is 44.6 Å². The maximum atomic E-state index is 9.60. The number of phenolic OH excluding ortho intramolecular Hbond substituents is 1. The normalized spacial score (nSPS) is 21.3. The van der Waals surface area contributed by atoms with Gasteiger partial charge >= 0.3 is 0 Å². The highest BCUT2D eigenvalue weighted by molar-refractivity contribution is 9.10. The second-order valence-electron chi connectivity index (χ2n) is 5.64. The predicted molar refractivity (Wildman–Crippen MR) is 83.3 cm³/mol. The Hall–Kier alpha value is -0.540. The van der Waals surface area contributed by atoms with Gasteiger partial charge in [0.2, 0.25) is 0 Å². The van der Waals surface area contributed by atoms with Gasteiger partial charge in [-0.25, -0.2) is 0 Å². The van der Waals surface area contributed by atoms with Crippen molar-refractivity contribution in [2.24, 2.45) is 5.92 Å². The summed E-state index contributed by atoms with van der Waals surface area (Å²) in [6.45, 7) is 5.59. The molecule has 1 saturated heterocycles. The molecule has 0 aliphatic carbocycles. The Labute approximate surface area is 124 Å². The van der Waals surface area contributed by atoms with E-state index in [1.807, 2.05) is 12.1 Å². The highest BCUT2D eigenvalue weighted by Gasteiger charge is 2.17. The predicted octanol–water partition coefficient (Wildman–Crippen LogP) is 4.56. The molecule has 1 aliphatic rings. The van der Waals surface area contributed by atoms with Crippen molar-refractivity contribution in [2.45, 2.75) is 45.6 Å². The van der Waals surface area contributed by atoms with E-state index < -0.39 is 0 Å². The Bertz CT molecular complexity index is 408. The molecule has 3 heteroatoms. The number of benzene rings is 1. The molecule has 19 heavy (non-hydrogen) atoms. The van der Waals surface area contributed by atoms with Crippen molar-refractivity contribution in [3.05, 3.63) is 28.2 Å². The topological polar surface area (TPSA) is 23.5 Å². The second kappa shape index (κ2) is 7.30. The fourth-order valence-corrected chi connectivity index (χ4v) is 3.38. The first-order chi connectivity index (χ1) is 9.19. The Kier molecular flexibility index (Phi) is 5.71. The van der Waals surface area contributed by atoms with Gasteiger partial charge in [-0.3, -0.25) is 4.90 Å². The molecule has 1 aliphatic heterocycles. The molecule has 1 atom stereocenters. The molecule has 1 fully saturated rings. The Morgan fingerprint density at radius 1 is 1.32 bits per heavy atom. The van der Waals surface area contributed by atoms with Gasteiger partial charge in [0, 0.05) is 11.0 Å². The van der Waals surface area contributed by atoms with E-state index in [0.29, 0.717) is 5.75 Å². The minimum absolute atomic E-state index is 0.358. The van der Waals surface area contributed by atoms with Gasteiger partial charge in [-0.2, -0.15) is 0 Å². The fourth-order valence-electron chi connectivity index (χ4n) is 3.00. The molecular formula is C16H24BrNO. The van der Waals surface area contributed by atoms with Gasteiger partial charge < -0.3 is 5.11 Å². The summed E-state index contributed by atoms with van der Waals surface area (Å²) in [6.07, 6.45) is 6.70. The van der Waals surface area contributed by atoms with Crippen molar-refractivity contribution in [2.75, 3.05) is 13.1 Å². The molecule has 0 saturated carbocycles. The lowest BCUT2D eigenvalue weighted by Gasteiger charge is -2.21. The van der Waals surface area contributed by atoms with Crippen molar-refractivity contribution >= 4 is 15.9 Å². The monoisotopic (exact) mass is 325 g/mol. The molecule has 2 rings (SSSR count). The molecule has 2 nitrogen and oxygen atoms in total. The molecule has 1 aromatic rings. The summed E-state index contributed by atoms with van der Waals surface area (Å²) in [7, 11) is 0. The van der Waals surface area contributed by atoms with Crippen LogP contribution < -0.4 is 0 Å². The van der Waals surface area contributed by atoms with Gasteiger partial charge in [-0.15, -0.1) is 0 Å². The average molecular weight is 326 g/mol. The van der Waals surface area contributed by atoms with E-state index in [4.69, 9.17) is 0 Å². The smallest absolute Gasteiger partial charge is 0.115 e. The fraction of sp³-hybridized carbons (Fsp3) is 0.625. The van der Waals surface area contributed by atoms with Crippen LogP contribution in [0.5, 0.6) is 5.75 Å². The second-order valence-corrected chi connectivity index (χ2v) is 6.49. The molecule has 1 heterocycles. The maximum Gasteiger partial charge on any atom is 0.115 e. The van der Waals surface area contributed by atoms with Crippen molar-refractivity contribution in [3.63, 3.8) is 0 Å². The summed E-state index contributed by atoms with van der Waals surface area (Å²) in [6, 6.07) is 5.54. The lowest BCUT2D eigenvalue weighted by atomic mass is 9.96. The third-order valence-electron chi connectivity index (χ3n) is 4.06. The van der Waals surface area contributed by atoms with Crippen LogP contribution in [0.2, 0.25) is 0 Å². The molecule has 1 aromatic carbocycles. The number of halogens is 1. The zero-order chi connectivity index (χ0) is 13.7.